The average Bonchev–Trinajstić information content (AvgIpc) is 3.16. The van der Waals surface area contributed by atoms with Gasteiger partial charge in [0.05, 0.1) is 20.3 Å². The maximum absolute atomic E-state index is 13.9. The van der Waals surface area contributed by atoms with Gasteiger partial charge in [-0.2, -0.15) is 0 Å². The number of ether oxygens (including phenoxy) is 3. The van der Waals surface area contributed by atoms with E-state index in [4.69, 9.17) is 14.2 Å². The lowest BCUT2D eigenvalue weighted by Crippen LogP contribution is -2.32. The summed E-state index contributed by atoms with van der Waals surface area (Å²) < 4.78 is 45.4. The highest BCUT2D eigenvalue weighted by Crippen LogP contribution is 2.33. The van der Waals surface area contributed by atoms with Crippen LogP contribution in [0.15, 0.2) is 42.6 Å². The largest absolute Gasteiger partial charge is 0.493 e. The second-order valence-electron chi connectivity index (χ2n) is 6.70. The maximum Gasteiger partial charge on any atom is 0.414 e. The number of hydrogen-bond donors (Lipinski definition) is 0. The summed E-state index contributed by atoms with van der Waals surface area (Å²) in [4.78, 5) is 14.0. The molecule has 0 spiro atoms. The topological polar surface area (TPSA) is 88.7 Å². The summed E-state index contributed by atoms with van der Waals surface area (Å²) in [6, 6.07) is 9.21. The van der Waals surface area contributed by atoms with Gasteiger partial charge in [-0.25, -0.2) is 8.78 Å². The molecule has 2 aromatic carbocycles. The van der Waals surface area contributed by atoms with Crippen LogP contribution in [-0.4, -0.2) is 34.3 Å². The van der Waals surface area contributed by atoms with Crippen LogP contribution in [-0.2, 0) is 17.9 Å². The molecule has 1 atom stereocenters. The predicted molar refractivity (Wildman–Crippen MR) is 101 cm³/mol. The van der Waals surface area contributed by atoms with E-state index in [0.717, 1.165) is 11.6 Å². The van der Waals surface area contributed by atoms with Gasteiger partial charge in [0, 0.05) is 16.6 Å². The van der Waals surface area contributed by atoms with Crippen LogP contribution >= 0.6 is 0 Å². The van der Waals surface area contributed by atoms with E-state index in [1.165, 1.54) is 19.4 Å². The molecule has 3 aromatic rings. The first-order valence-electron chi connectivity index (χ1n) is 9.03. The highest BCUT2D eigenvalue weighted by molar-refractivity contribution is 5.71. The number of aromatic nitrogens is 2. The molecule has 8 nitrogen and oxygen atoms in total. The summed E-state index contributed by atoms with van der Waals surface area (Å²) in [6.07, 6.45) is 1.01. The third-order valence-electron chi connectivity index (χ3n) is 4.68. The van der Waals surface area contributed by atoms with Crippen LogP contribution in [0, 0.1) is 21.7 Å². The lowest BCUT2D eigenvalue weighted by atomic mass is 10.0. The molecule has 4 rings (SSSR count). The number of methoxy groups -OCH3 is 1. The quantitative estimate of drug-likeness (QED) is 0.449. The van der Waals surface area contributed by atoms with Crippen LogP contribution in [0.2, 0.25) is 0 Å². The molecule has 2 heterocycles. The van der Waals surface area contributed by atoms with Crippen molar-refractivity contribution >= 4 is 5.82 Å². The summed E-state index contributed by atoms with van der Waals surface area (Å²) >= 11 is 0. The van der Waals surface area contributed by atoms with Crippen molar-refractivity contribution in [2.24, 2.45) is 0 Å². The molecule has 0 saturated carbocycles. The normalized spacial score (nSPS) is 15.4. The molecule has 1 aliphatic heterocycles. The number of nitrogens with zero attached hydrogens (tertiary/aromatic N) is 3. The number of rotatable bonds is 6. The van der Waals surface area contributed by atoms with Crippen molar-refractivity contribution in [3.05, 3.63) is 69.9 Å². The van der Waals surface area contributed by atoms with Crippen molar-refractivity contribution in [3.63, 3.8) is 0 Å². The maximum atomic E-state index is 13.9. The average molecular weight is 417 g/mol. The zero-order chi connectivity index (χ0) is 21.3. The molecule has 0 bridgehead atoms. The molecular weight excluding hydrogens is 400 g/mol. The molecule has 0 radical (unpaired) electrons. The van der Waals surface area contributed by atoms with Gasteiger partial charge in [-0.3, -0.25) is 4.57 Å². The standard InChI is InChI=1S/C20H17F2N3O5/c1-28-19-16(6-14(21)7-17(19)22)13-4-2-12(3-5-13)10-29-15-8-24-9-18(25(26)27)23-20(24)30-11-15/h2-7,9,15H,8,10-11H2,1H3/t15-/m0/s1. The van der Waals surface area contributed by atoms with Crippen LogP contribution in [0.5, 0.6) is 11.8 Å². The van der Waals surface area contributed by atoms with E-state index in [9.17, 15) is 18.9 Å². The first kappa shape index (κ1) is 19.8. The highest BCUT2D eigenvalue weighted by Gasteiger charge is 2.28. The fourth-order valence-electron chi connectivity index (χ4n) is 3.24. The SMILES string of the molecule is COc1c(F)cc(F)cc1-c1ccc(CO[C@@H]2COc3nc([N+](=O)[O-])cn3C2)cc1. The summed E-state index contributed by atoms with van der Waals surface area (Å²) in [5.41, 5.74) is 1.76. The summed E-state index contributed by atoms with van der Waals surface area (Å²) in [5.74, 6) is -1.75. The Bertz CT molecular complexity index is 1080. The van der Waals surface area contributed by atoms with Gasteiger partial charge >= 0.3 is 11.8 Å². The number of nitro groups is 1. The number of fused-ring (bicyclic) bond motifs is 1. The lowest BCUT2D eigenvalue weighted by molar-refractivity contribution is -0.389. The molecule has 156 valence electrons. The molecule has 0 amide bonds. The molecule has 0 fully saturated rings. The zero-order valence-electron chi connectivity index (χ0n) is 15.9. The molecule has 0 aliphatic carbocycles. The van der Waals surface area contributed by atoms with E-state index in [2.05, 4.69) is 4.98 Å². The molecule has 30 heavy (non-hydrogen) atoms. The number of halogens is 2. The minimum absolute atomic E-state index is 0.0232. The fourth-order valence-corrected chi connectivity index (χ4v) is 3.24. The Balaban J connectivity index is 1.42. The van der Waals surface area contributed by atoms with Crippen LogP contribution < -0.4 is 9.47 Å². The van der Waals surface area contributed by atoms with Crippen molar-refractivity contribution in [1.82, 2.24) is 9.55 Å². The summed E-state index contributed by atoms with van der Waals surface area (Å²) in [5, 5.41) is 10.8. The number of hydrogen-bond acceptors (Lipinski definition) is 6. The minimum atomic E-state index is -0.767. The van der Waals surface area contributed by atoms with Gasteiger partial charge in [-0.1, -0.05) is 24.3 Å². The second kappa shape index (κ2) is 8.07. The van der Waals surface area contributed by atoms with Crippen molar-refractivity contribution < 1.29 is 27.9 Å². The predicted octanol–water partition coefficient (Wildman–Crippen LogP) is 3.72. The van der Waals surface area contributed by atoms with Crippen LogP contribution in [0.4, 0.5) is 14.6 Å². The van der Waals surface area contributed by atoms with Gasteiger partial charge in [0.25, 0.3) is 0 Å². The Morgan fingerprint density at radius 2 is 2.07 bits per heavy atom. The molecule has 0 unspecified atom stereocenters. The third kappa shape index (κ3) is 3.94. The highest BCUT2D eigenvalue weighted by atomic mass is 19.1. The van der Waals surface area contributed by atoms with E-state index < -0.39 is 16.6 Å². The Labute approximate surface area is 169 Å². The summed E-state index contributed by atoms with van der Waals surface area (Å²) in [6.45, 7) is 0.884. The Hall–Kier alpha value is -3.53. The first-order valence-corrected chi connectivity index (χ1v) is 9.03. The molecular formula is C20H17F2N3O5. The van der Waals surface area contributed by atoms with Gasteiger partial charge in [-0.15, -0.1) is 0 Å². The monoisotopic (exact) mass is 417 g/mol. The van der Waals surface area contributed by atoms with E-state index >= 15 is 0 Å². The van der Waals surface area contributed by atoms with E-state index in [0.29, 0.717) is 17.7 Å². The van der Waals surface area contributed by atoms with E-state index in [1.807, 2.05) is 0 Å². The van der Waals surface area contributed by atoms with Crippen molar-refractivity contribution in [2.75, 3.05) is 13.7 Å². The van der Waals surface area contributed by atoms with Gasteiger partial charge < -0.3 is 24.3 Å². The summed E-state index contributed by atoms with van der Waals surface area (Å²) in [7, 11) is 1.33. The van der Waals surface area contributed by atoms with Gasteiger partial charge in [-0.05, 0) is 22.1 Å². The van der Waals surface area contributed by atoms with E-state index in [-0.39, 0.29) is 36.9 Å². The second-order valence-corrected chi connectivity index (χ2v) is 6.70. The van der Waals surface area contributed by atoms with Gasteiger partial charge in [0.2, 0.25) is 0 Å². The Morgan fingerprint density at radius 3 is 2.77 bits per heavy atom. The number of benzene rings is 2. The van der Waals surface area contributed by atoms with Crippen molar-refractivity contribution in [1.29, 1.82) is 0 Å². The van der Waals surface area contributed by atoms with Crippen LogP contribution in [0.25, 0.3) is 11.1 Å². The van der Waals surface area contributed by atoms with E-state index in [1.54, 1.807) is 28.8 Å². The van der Waals surface area contributed by atoms with Crippen molar-refractivity contribution in [2.45, 2.75) is 19.3 Å². The molecule has 0 saturated heterocycles. The zero-order valence-corrected chi connectivity index (χ0v) is 15.9. The fraction of sp³-hybridized carbons (Fsp3) is 0.250. The lowest BCUT2D eigenvalue weighted by Gasteiger charge is -2.22. The molecule has 1 aliphatic rings. The van der Waals surface area contributed by atoms with Gasteiger partial charge in [0.1, 0.15) is 24.7 Å². The third-order valence-corrected chi connectivity index (χ3v) is 4.68. The molecule has 10 heteroatoms. The Morgan fingerprint density at radius 1 is 1.30 bits per heavy atom. The minimum Gasteiger partial charge on any atom is -0.493 e. The first-order chi connectivity index (χ1) is 14.4. The van der Waals surface area contributed by atoms with Gasteiger partial charge in [0.15, 0.2) is 11.6 Å². The number of imidazole rings is 1. The molecule has 0 N–H and O–H groups in total. The molecule has 1 aromatic heterocycles. The van der Waals surface area contributed by atoms with Crippen LogP contribution in [0.3, 0.4) is 0 Å². The smallest absolute Gasteiger partial charge is 0.414 e. The van der Waals surface area contributed by atoms with Crippen molar-refractivity contribution in [3.8, 4) is 22.9 Å². The van der Waals surface area contributed by atoms with Crippen LogP contribution in [0.1, 0.15) is 5.56 Å². The Kier molecular flexibility index (Phi) is 5.32.